The molecule has 0 heterocycles. The quantitative estimate of drug-likeness (QED) is 0.363. The lowest BCUT2D eigenvalue weighted by Crippen LogP contribution is -2.12. The van der Waals surface area contributed by atoms with Crippen LogP contribution in [0.4, 0.5) is 0 Å². The van der Waals surface area contributed by atoms with Crippen LogP contribution in [0.3, 0.4) is 0 Å². The molecule has 0 bridgehead atoms. The van der Waals surface area contributed by atoms with Gasteiger partial charge in [-0.2, -0.15) is 0 Å². The molecule has 0 aromatic heterocycles. The van der Waals surface area contributed by atoms with Crippen molar-refractivity contribution in [2.24, 2.45) is 5.92 Å². The Kier molecular flexibility index (Phi) is 15.7. The maximum Gasteiger partial charge on any atom is 0.0701 e. The Labute approximate surface area is 119 Å². The predicted octanol–water partition coefficient (Wildman–Crippen LogP) is 2.49. The molecule has 0 saturated carbocycles. The van der Waals surface area contributed by atoms with Crippen LogP contribution in [0.25, 0.3) is 0 Å². The zero-order valence-corrected chi connectivity index (χ0v) is 13.2. The highest BCUT2D eigenvalue weighted by Crippen LogP contribution is 2.08. The monoisotopic (exact) mass is 326 g/mol. The van der Waals surface area contributed by atoms with Gasteiger partial charge in [0.05, 0.1) is 39.6 Å². The van der Waals surface area contributed by atoms with Crippen molar-refractivity contribution in [1.82, 2.24) is 0 Å². The smallest absolute Gasteiger partial charge is 0.0701 e. The fourth-order valence-electron chi connectivity index (χ4n) is 1.30. The van der Waals surface area contributed by atoms with E-state index in [-0.39, 0.29) is 0 Å². The first-order chi connectivity index (χ1) is 8.81. The highest BCUT2D eigenvalue weighted by Gasteiger charge is 2.00. The summed E-state index contributed by atoms with van der Waals surface area (Å²) in [5.74, 6) is 0.722. The van der Waals surface area contributed by atoms with Crippen LogP contribution in [-0.4, -0.2) is 58.7 Å². The van der Waals surface area contributed by atoms with Crippen molar-refractivity contribution in [2.45, 2.75) is 19.8 Å². The lowest BCUT2D eigenvalue weighted by Gasteiger charge is -2.10. The number of methoxy groups -OCH3 is 1. The molecule has 0 aliphatic carbocycles. The lowest BCUT2D eigenvalue weighted by molar-refractivity contribution is 0.00231. The zero-order chi connectivity index (χ0) is 13.5. The van der Waals surface area contributed by atoms with Crippen molar-refractivity contribution in [1.29, 1.82) is 0 Å². The van der Waals surface area contributed by atoms with E-state index in [4.69, 9.17) is 18.9 Å². The minimum atomic E-state index is 0.617. The van der Waals surface area contributed by atoms with E-state index in [2.05, 4.69) is 22.9 Å². The number of ether oxygens (including phenoxy) is 4. The molecule has 0 spiro atoms. The first-order valence-corrected chi connectivity index (χ1v) is 7.71. The van der Waals surface area contributed by atoms with Gasteiger partial charge in [0.25, 0.3) is 0 Å². The standard InChI is InChI=1S/C13H27BrO4/c1-13(3-5-14)4-6-16-9-10-18-12-11-17-8-7-15-2/h13H,3-12H2,1-2H3. The lowest BCUT2D eigenvalue weighted by atomic mass is 10.1. The molecular weight excluding hydrogens is 300 g/mol. The van der Waals surface area contributed by atoms with Crippen LogP contribution in [0, 0.1) is 5.92 Å². The van der Waals surface area contributed by atoms with E-state index in [1.165, 1.54) is 6.42 Å². The summed E-state index contributed by atoms with van der Waals surface area (Å²) in [7, 11) is 1.66. The summed E-state index contributed by atoms with van der Waals surface area (Å²) in [6, 6.07) is 0. The highest BCUT2D eigenvalue weighted by atomic mass is 79.9. The zero-order valence-electron chi connectivity index (χ0n) is 11.7. The molecule has 110 valence electrons. The average Bonchev–Trinajstić information content (AvgIpc) is 2.36. The van der Waals surface area contributed by atoms with E-state index in [1.807, 2.05) is 0 Å². The molecule has 0 aliphatic rings. The van der Waals surface area contributed by atoms with Crippen LogP contribution in [0.15, 0.2) is 0 Å². The number of hydrogen-bond acceptors (Lipinski definition) is 4. The van der Waals surface area contributed by atoms with Gasteiger partial charge >= 0.3 is 0 Å². The maximum absolute atomic E-state index is 5.49. The Bertz CT molecular complexity index is 158. The second kappa shape index (κ2) is 15.4. The van der Waals surface area contributed by atoms with Gasteiger partial charge in [-0.15, -0.1) is 0 Å². The molecule has 0 aliphatic heterocycles. The van der Waals surface area contributed by atoms with Gasteiger partial charge in [0, 0.05) is 19.0 Å². The fraction of sp³-hybridized carbons (Fsp3) is 1.00. The van der Waals surface area contributed by atoms with Gasteiger partial charge in [-0.3, -0.25) is 0 Å². The third-order valence-corrected chi connectivity index (χ3v) is 2.99. The van der Waals surface area contributed by atoms with Gasteiger partial charge in [-0.25, -0.2) is 0 Å². The van der Waals surface area contributed by atoms with E-state index < -0.39 is 0 Å². The molecule has 0 N–H and O–H groups in total. The van der Waals surface area contributed by atoms with E-state index in [0.29, 0.717) is 39.6 Å². The molecule has 0 amide bonds. The summed E-state index contributed by atoms with van der Waals surface area (Å²) in [6.07, 6.45) is 2.32. The van der Waals surface area contributed by atoms with Crippen LogP contribution >= 0.6 is 15.9 Å². The molecular formula is C13H27BrO4. The first-order valence-electron chi connectivity index (χ1n) is 6.59. The number of halogens is 1. The van der Waals surface area contributed by atoms with Crippen LogP contribution in [0.1, 0.15) is 19.8 Å². The van der Waals surface area contributed by atoms with Gasteiger partial charge in [-0.1, -0.05) is 22.9 Å². The van der Waals surface area contributed by atoms with Crippen LogP contribution in [0.5, 0.6) is 0 Å². The van der Waals surface area contributed by atoms with Crippen LogP contribution < -0.4 is 0 Å². The summed E-state index contributed by atoms with van der Waals surface area (Å²) in [6.45, 7) is 6.87. The van der Waals surface area contributed by atoms with Gasteiger partial charge in [0.2, 0.25) is 0 Å². The molecule has 5 heteroatoms. The Hall–Kier alpha value is 0.320. The van der Waals surface area contributed by atoms with Crippen LogP contribution in [-0.2, 0) is 18.9 Å². The summed E-state index contributed by atoms with van der Waals surface area (Å²) < 4.78 is 21.0. The van der Waals surface area contributed by atoms with Crippen molar-refractivity contribution >= 4 is 15.9 Å². The van der Waals surface area contributed by atoms with Gasteiger partial charge in [-0.05, 0) is 18.8 Å². The van der Waals surface area contributed by atoms with Crippen molar-refractivity contribution in [2.75, 3.05) is 58.7 Å². The molecule has 18 heavy (non-hydrogen) atoms. The largest absolute Gasteiger partial charge is 0.382 e. The van der Waals surface area contributed by atoms with E-state index in [0.717, 1.165) is 24.3 Å². The summed E-state index contributed by atoms with van der Waals surface area (Å²) in [5.41, 5.74) is 0. The minimum absolute atomic E-state index is 0.617. The third kappa shape index (κ3) is 14.4. The van der Waals surface area contributed by atoms with Crippen molar-refractivity contribution in [3.63, 3.8) is 0 Å². The van der Waals surface area contributed by atoms with Crippen molar-refractivity contribution < 1.29 is 18.9 Å². The van der Waals surface area contributed by atoms with E-state index in [9.17, 15) is 0 Å². The molecule has 0 rings (SSSR count). The average molecular weight is 327 g/mol. The first kappa shape index (κ1) is 18.3. The third-order valence-electron chi connectivity index (χ3n) is 2.53. The molecule has 0 saturated heterocycles. The van der Waals surface area contributed by atoms with E-state index in [1.54, 1.807) is 7.11 Å². The molecule has 1 atom stereocenters. The summed E-state index contributed by atoms with van der Waals surface area (Å²) in [5, 5.41) is 1.07. The second-order valence-electron chi connectivity index (χ2n) is 4.20. The SMILES string of the molecule is COCCOCCOCCOCCC(C)CCBr. The summed E-state index contributed by atoms with van der Waals surface area (Å²) in [4.78, 5) is 0. The van der Waals surface area contributed by atoms with Gasteiger partial charge in [0.1, 0.15) is 0 Å². The molecule has 0 fully saturated rings. The minimum Gasteiger partial charge on any atom is -0.382 e. The number of hydrogen-bond donors (Lipinski definition) is 0. The number of rotatable bonds is 14. The van der Waals surface area contributed by atoms with Crippen molar-refractivity contribution in [3.8, 4) is 0 Å². The topological polar surface area (TPSA) is 36.9 Å². The Morgan fingerprint density at radius 3 is 1.78 bits per heavy atom. The van der Waals surface area contributed by atoms with Gasteiger partial charge < -0.3 is 18.9 Å². The molecule has 4 nitrogen and oxygen atoms in total. The van der Waals surface area contributed by atoms with E-state index >= 15 is 0 Å². The maximum atomic E-state index is 5.49. The van der Waals surface area contributed by atoms with Gasteiger partial charge in [0.15, 0.2) is 0 Å². The summed E-state index contributed by atoms with van der Waals surface area (Å²) >= 11 is 3.44. The predicted molar refractivity (Wildman–Crippen MR) is 76.5 cm³/mol. The van der Waals surface area contributed by atoms with Crippen LogP contribution in [0.2, 0.25) is 0 Å². The molecule has 0 aromatic carbocycles. The highest BCUT2D eigenvalue weighted by molar-refractivity contribution is 9.09. The molecule has 0 radical (unpaired) electrons. The Morgan fingerprint density at radius 1 is 0.778 bits per heavy atom. The molecule has 1 unspecified atom stereocenters. The van der Waals surface area contributed by atoms with Crippen molar-refractivity contribution in [3.05, 3.63) is 0 Å². The Balaban J connectivity index is 2.98. The molecule has 0 aromatic rings. The number of alkyl halides is 1. The second-order valence-corrected chi connectivity index (χ2v) is 4.99. The Morgan fingerprint density at radius 2 is 1.28 bits per heavy atom. The normalized spacial score (nSPS) is 12.8. The fourth-order valence-corrected chi connectivity index (χ4v) is 2.08.